The van der Waals surface area contributed by atoms with Crippen LogP contribution in [0, 0.1) is 5.92 Å². The van der Waals surface area contributed by atoms with Crippen LogP contribution in [-0.2, 0) is 4.79 Å². The van der Waals surface area contributed by atoms with Crippen LogP contribution in [0.15, 0.2) is 30.3 Å². The van der Waals surface area contributed by atoms with Gasteiger partial charge in [-0.05, 0) is 23.7 Å². The molecule has 0 aliphatic heterocycles. The second-order valence-corrected chi connectivity index (χ2v) is 5.47. The van der Waals surface area contributed by atoms with Gasteiger partial charge in [0.1, 0.15) is 5.00 Å². The highest BCUT2D eigenvalue weighted by molar-refractivity contribution is 7.10. The molecule has 5 heteroatoms. The fourth-order valence-corrected chi connectivity index (χ4v) is 2.15. The zero-order chi connectivity index (χ0) is 13.1. The maximum atomic E-state index is 11.6. The van der Waals surface area contributed by atoms with Gasteiger partial charge in [-0.3, -0.25) is 4.79 Å². The molecule has 0 aliphatic carbocycles. The van der Waals surface area contributed by atoms with Crippen molar-refractivity contribution in [3.8, 4) is 11.3 Å². The van der Waals surface area contributed by atoms with Gasteiger partial charge < -0.3 is 5.32 Å². The Morgan fingerprint density at radius 3 is 2.61 bits per heavy atom. The lowest BCUT2D eigenvalue weighted by Gasteiger charge is -2.03. The summed E-state index contributed by atoms with van der Waals surface area (Å²) in [4.78, 5) is 11.6. The van der Waals surface area contributed by atoms with Gasteiger partial charge in [-0.25, -0.2) is 0 Å². The number of halogens is 1. The first-order valence-electron chi connectivity index (χ1n) is 5.60. The number of aromatic nitrogens is 1. The number of nitrogens with zero attached hydrogens (tertiary/aromatic N) is 1. The monoisotopic (exact) mass is 280 g/mol. The number of benzene rings is 1. The van der Waals surface area contributed by atoms with E-state index in [1.165, 1.54) is 11.5 Å². The second kappa shape index (κ2) is 5.50. The summed E-state index contributed by atoms with van der Waals surface area (Å²) in [5.74, 6) is -0.0348. The van der Waals surface area contributed by atoms with E-state index in [-0.39, 0.29) is 11.8 Å². The Hall–Kier alpha value is -1.39. The average Bonchev–Trinajstić information content (AvgIpc) is 2.78. The van der Waals surface area contributed by atoms with Gasteiger partial charge in [0, 0.05) is 22.6 Å². The van der Waals surface area contributed by atoms with E-state index in [0.717, 1.165) is 16.3 Å². The summed E-state index contributed by atoms with van der Waals surface area (Å²) in [7, 11) is 0. The smallest absolute Gasteiger partial charge is 0.227 e. The first-order valence-corrected chi connectivity index (χ1v) is 6.75. The van der Waals surface area contributed by atoms with Gasteiger partial charge in [0.2, 0.25) is 5.91 Å². The number of anilines is 1. The molecule has 1 N–H and O–H groups in total. The van der Waals surface area contributed by atoms with Crippen LogP contribution < -0.4 is 5.32 Å². The summed E-state index contributed by atoms with van der Waals surface area (Å²) in [6.07, 6.45) is 0. The molecule has 1 amide bonds. The molecule has 0 fully saturated rings. The zero-order valence-corrected chi connectivity index (χ0v) is 11.7. The van der Waals surface area contributed by atoms with Gasteiger partial charge in [-0.15, -0.1) is 0 Å². The molecule has 0 saturated heterocycles. The molecule has 0 atom stereocenters. The minimum atomic E-state index is -0.0360. The van der Waals surface area contributed by atoms with Crippen molar-refractivity contribution < 1.29 is 4.79 Å². The topological polar surface area (TPSA) is 42.0 Å². The van der Waals surface area contributed by atoms with Crippen LogP contribution in [-0.4, -0.2) is 10.3 Å². The molecule has 0 aliphatic rings. The quantitative estimate of drug-likeness (QED) is 0.921. The Labute approximate surface area is 115 Å². The number of hydrogen-bond acceptors (Lipinski definition) is 3. The molecule has 2 aromatic rings. The fraction of sp³-hybridized carbons (Fsp3) is 0.231. The number of nitrogens with one attached hydrogen (secondary N) is 1. The van der Waals surface area contributed by atoms with Crippen molar-refractivity contribution in [3.05, 3.63) is 35.4 Å². The molecule has 3 nitrogen and oxygen atoms in total. The molecule has 0 saturated carbocycles. The van der Waals surface area contributed by atoms with Gasteiger partial charge in [-0.2, -0.15) is 4.37 Å². The molecule has 0 radical (unpaired) electrons. The van der Waals surface area contributed by atoms with E-state index < -0.39 is 0 Å². The molecular formula is C13H13ClN2OS. The van der Waals surface area contributed by atoms with Crippen molar-refractivity contribution in [1.82, 2.24) is 4.37 Å². The van der Waals surface area contributed by atoms with E-state index in [1.807, 2.05) is 44.2 Å². The number of carbonyl (C=O) groups is 1. The van der Waals surface area contributed by atoms with Crippen LogP contribution in [0.2, 0.25) is 5.02 Å². The highest BCUT2D eigenvalue weighted by Gasteiger charge is 2.10. The number of hydrogen-bond donors (Lipinski definition) is 1. The maximum absolute atomic E-state index is 11.6. The fourth-order valence-electron chi connectivity index (χ4n) is 1.36. The molecule has 1 aromatic carbocycles. The highest BCUT2D eigenvalue weighted by atomic mass is 35.5. The van der Waals surface area contributed by atoms with E-state index >= 15 is 0 Å². The second-order valence-electron chi connectivity index (χ2n) is 4.23. The van der Waals surface area contributed by atoms with E-state index in [9.17, 15) is 4.79 Å². The van der Waals surface area contributed by atoms with Crippen LogP contribution >= 0.6 is 23.1 Å². The maximum Gasteiger partial charge on any atom is 0.227 e. The summed E-state index contributed by atoms with van der Waals surface area (Å²) in [6, 6.07) is 9.33. The van der Waals surface area contributed by atoms with Gasteiger partial charge >= 0.3 is 0 Å². The van der Waals surface area contributed by atoms with E-state index in [2.05, 4.69) is 9.69 Å². The number of rotatable bonds is 3. The SMILES string of the molecule is CC(C)C(=O)Nc1cc(-c2ccc(Cl)cc2)ns1. The van der Waals surface area contributed by atoms with Crippen molar-refractivity contribution in [1.29, 1.82) is 0 Å². The molecule has 2 rings (SSSR count). The van der Waals surface area contributed by atoms with Gasteiger partial charge in [0.05, 0.1) is 5.69 Å². The lowest BCUT2D eigenvalue weighted by molar-refractivity contribution is -0.118. The molecule has 0 bridgehead atoms. The van der Waals surface area contributed by atoms with Crippen molar-refractivity contribution in [3.63, 3.8) is 0 Å². The summed E-state index contributed by atoms with van der Waals surface area (Å²) in [5.41, 5.74) is 1.83. The Balaban J connectivity index is 2.15. The minimum Gasteiger partial charge on any atom is -0.316 e. The third kappa shape index (κ3) is 3.09. The Kier molecular flexibility index (Phi) is 3.99. The Morgan fingerprint density at radius 2 is 2.00 bits per heavy atom. The lowest BCUT2D eigenvalue weighted by atomic mass is 10.1. The first-order chi connectivity index (χ1) is 8.56. The van der Waals surface area contributed by atoms with Crippen molar-refractivity contribution >= 4 is 34.0 Å². The van der Waals surface area contributed by atoms with Crippen LogP contribution in [0.3, 0.4) is 0 Å². The van der Waals surface area contributed by atoms with Crippen LogP contribution in [0.1, 0.15) is 13.8 Å². The number of amides is 1. The average molecular weight is 281 g/mol. The van der Waals surface area contributed by atoms with Crippen molar-refractivity contribution in [2.75, 3.05) is 5.32 Å². The molecule has 94 valence electrons. The zero-order valence-electron chi connectivity index (χ0n) is 10.1. The van der Waals surface area contributed by atoms with Gasteiger partial charge in [-0.1, -0.05) is 37.6 Å². The Morgan fingerprint density at radius 1 is 1.33 bits per heavy atom. The lowest BCUT2D eigenvalue weighted by Crippen LogP contribution is -2.16. The third-order valence-corrected chi connectivity index (χ3v) is 3.38. The van der Waals surface area contributed by atoms with Crippen LogP contribution in [0.4, 0.5) is 5.00 Å². The largest absolute Gasteiger partial charge is 0.316 e. The van der Waals surface area contributed by atoms with Crippen LogP contribution in [0.5, 0.6) is 0 Å². The van der Waals surface area contributed by atoms with Crippen molar-refractivity contribution in [2.24, 2.45) is 5.92 Å². The third-order valence-electron chi connectivity index (χ3n) is 2.42. The standard InChI is InChI=1S/C13H13ClN2OS/c1-8(2)13(17)15-12-7-11(16-18-12)9-3-5-10(14)6-4-9/h3-8H,1-2H3,(H,15,17). The van der Waals surface area contributed by atoms with Gasteiger partial charge in [0.25, 0.3) is 0 Å². The van der Waals surface area contributed by atoms with E-state index in [1.54, 1.807) is 0 Å². The normalized spacial score (nSPS) is 10.7. The molecular weight excluding hydrogens is 268 g/mol. The summed E-state index contributed by atoms with van der Waals surface area (Å²) in [5, 5.41) is 4.29. The first kappa shape index (κ1) is 13.1. The molecule has 1 aromatic heterocycles. The molecule has 18 heavy (non-hydrogen) atoms. The predicted molar refractivity (Wildman–Crippen MR) is 76.0 cm³/mol. The Bertz CT molecular complexity index is 548. The molecule has 1 heterocycles. The molecule has 0 unspecified atom stereocenters. The van der Waals surface area contributed by atoms with E-state index in [4.69, 9.17) is 11.6 Å². The summed E-state index contributed by atoms with van der Waals surface area (Å²) in [6.45, 7) is 3.72. The summed E-state index contributed by atoms with van der Waals surface area (Å²) < 4.78 is 4.31. The van der Waals surface area contributed by atoms with Crippen LogP contribution in [0.25, 0.3) is 11.3 Å². The predicted octanol–water partition coefficient (Wildman–Crippen LogP) is 4.06. The summed E-state index contributed by atoms with van der Waals surface area (Å²) >= 11 is 7.11. The highest BCUT2D eigenvalue weighted by Crippen LogP contribution is 2.26. The van der Waals surface area contributed by atoms with E-state index in [0.29, 0.717) is 5.02 Å². The van der Waals surface area contributed by atoms with Crippen molar-refractivity contribution in [2.45, 2.75) is 13.8 Å². The molecule has 0 spiro atoms. The minimum absolute atomic E-state index is 0.00121. The van der Waals surface area contributed by atoms with Gasteiger partial charge in [0.15, 0.2) is 0 Å². The number of carbonyl (C=O) groups excluding carboxylic acids is 1.